The first-order valence-corrected chi connectivity index (χ1v) is 9.01. The summed E-state index contributed by atoms with van der Waals surface area (Å²) >= 11 is 7.68. The van der Waals surface area contributed by atoms with Gasteiger partial charge in [0.1, 0.15) is 0 Å². The van der Waals surface area contributed by atoms with Gasteiger partial charge in [-0.3, -0.25) is 4.79 Å². The Bertz CT molecular complexity index is 624. The molecule has 0 aliphatic heterocycles. The third-order valence-electron chi connectivity index (χ3n) is 4.52. The minimum atomic E-state index is 0.0475. The van der Waals surface area contributed by atoms with Gasteiger partial charge >= 0.3 is 0 Å². The van der Waals surface area contributed by atoms with E-state index in [1.165, 1.54) is 30.4 Å². The standard InChI is InChI=1S/C17H20ClNOS/c18-9-12-5-1-2-6-13(12)10-19-17(20)15-11-21-16-8-4-3-7-14(15)16/h3-4,7-8,11-13H,1-2,5-6,9-10H2,(H,19,20). The SMILES string of the molecule is O=C(NCC1CCCCC1CCl)c1csc2ccccc12. The van der Waals surface area contributed by atoms with E-state index in [9.17, 15) is 4.79 Å². The van der Waals surface area contributed by atoms with Crippen LogP contribution in [0.25, 0.3) is 10.1 Å². The Morgan fingerprint density at radius 2 is 2.00 bits per heavy atom. The molecule has 0 bridgehead atoms. The largest absolute Gasteiger partial charge is 0.352 e. The second-order valence-corrected chi connectivity index (χ2v) is 7.03. The van der Waals surface area contributed by atoms with E-state index in [0.717, 1.165) is 17.5 Å². The second kappa shape index (κ2) is 6.80. The molecule has 3 rings (SSSR count). The van der Waals surface area contributed by atoms with Crippen LogP contribution in [0, 0.1) is 11.8 Å². The number of benzene rings is 1. The average molecular weight is 322 g/mol. The summed E-state index contributed by atoms with van der Waals surface area (Å²) in [5.41, 5.74) is 0.800. The van der Waals surface area contributed by atoms with Crippen LogP contribution >= 0.6 is 22.9 Å². The number of hydrogen-bond acceptors (Lipinski definition) is 2. The van der Waals surface area contributed by atoms with Crippen molar-refractivity contribution in [2.24, 2.45) is 11.8 Å². The topological polar surface area (TPSA) is 29.1 Å². The number of thiophene rings is 1. The summed E-state index contributed by atoms with van der Waals surface area (Å²) < 4.78 is 1.17. The normalized spacial score (nSPS) is 22.3. The minimum absolute atomic E-state index is 0.0475. The first-order valence-electron chi connectivity index (χ1n) is 7.60. The Morgan fingerprint density at radius 3 is 2.81 bits per heavy atom. The van der Waals surface area contributed by atoms with Crippen molar-refractivity contribution in [1.82, 2.24) is 5.32 Å². The molecule has 1 aromatic heterocycles. The summed E-state index contributed by atoms with van der Waals surface area (Å²) in [7, 11) is 0. The monoisotopic (exact) mass is 321 g/mol. The molecule has 112 valence electrons. The van der Waals surface area contributed by atoms with Crippen LogP contribution in [-0.4, -0.2) is 18.3 Å². The molecular formula is C17H20ClNOS. The van der Waals surface area contributed by atoms with E-state index >= 15 is 0 Å². The molecule has 1 aliphatic carbocycles. The first-order chi connectivity index (χ1) is 10.3. The van der Waals surface area contributed by atoms with Gasteiger partial charge in [0.2, 0.25) is 0 Å². The zero-order chi connectivity index (χ0) is 14.7. The van der Waals surface area contributed by atoms with Crippen molar-refractivity contribution in [3.8, 4) is 0 Å². The summed E-state index contributed by atoms with van der Waals surface area (Å²) in [6.45, 7) is 0.750. The van der Waals surface area contributed by atoms with Crippen molar-refractivity contribution < 1.29 is 4.79 Å². The predicted octanol–water partition coefficient (Wildman–Crippen LogP) is 4.68. The lowest BCUT2D eigenvalue weighted by Crippen LogP contribution is -2.34. The molecule has 0 saturated heterocycles. The maximum atomic E-state index is 12.4. The van der Waals surface area contributed by atoms with Crippen LogP contribution < -0.4 is 5.32 Å². The number of hydrogen-bond donors (Lipinski definition) is 1. The average Bonchev–Trinajstić information content (AvgIpc) is 2.97. The summed E-state index contributed by atoms with van der Waals surface area (Å²) in [6.07, 6.45) is 4.92. The molecule has 1 fully saturated rings. The Kier molecular flexibility index (Phi) is 4.81. The molecule has 21 heavy (non-hydrogen) atoms. The van der Waals surface area contributed by atoms with Crippen molar-refractivity contribution in [2.75, 3.05) is 12.4 Å². The summed E-state index contributed by atoms with van der Waals surface area (Å²) in [4.78, 5) is 12.4. The predicted molar refractivity (Wildman–Crippen MR) is 90.3 cm³/mol. The van der Waals surface area contributed by atoms with Crippen LogP contribution in [-0.2, 0) is 0 Å². The Hall–Kier alpha value is -1.06. The quantitative estimate of drug-likeness (QED) is 0.814. The molecule has 2 unspecified atom stereocenters. The third kappa shape index (κ3) is 3.24. The van der Waals surface area contributed by atoms with Gasteiger partial charge in [-0.2, -0.15) is 0 Å². The van der Waals surface area contributed by atoms with Crippen LogP contribution in [0.4, 0.5) is 0 Å². The molecule has 1 aromatic carbocycles. The van der Waals surface area contributed by atoms with Gasteiger partial charge in [0.25, 0.3) is 5.91 Å². The van der Waals surface area contributed by atoms with Crippen molar-refractivity contribution in [2.45, 2.75) is 25.7 Å². The second-order valence-electron chi connectivity index (χ2n) is 5.81. The lowest BCUT2D eigenvalue weighted by atomic mass is 9.80. The van der Waals surface area contributed by atoms with Gasteiger partial charge in [0, 0.05) is 27.9 Å². The van der Waals surface area contributed by atoms with Crippen LogP contribution in [0.5, 0.6) is 0 Å². The van der Waals surface area contributed by atoms with E-state index in [0.29, 0.717) is 17.7 Å². The number of halogens is 1. The Balaban J connectivity index is 1.66. The van der Waals surface area contributed by atoms with Crippen LogP contribution in [0.3, 0.4) is 0 Å². The van der Waals surface area contributed by atoms with E-state index in [-0.39, 0.29) is 5.91 Å². The number of carbonyl (C=O) groups excluding carboxylic acids is 1. The van der Waals surface area contributed by atoms with Gasteiger partial charge in [0.05, 0.1) is 5.56 Å². The molecule has 1 saturated carbocycles. The van der Waals surface area contributed by atoms with Gasteiger partial charge in [0.15, 0.2) is 0 Å². The highest BCUT2D eigenvalue weighted by molar-refractivity contribution is 7.17. The fourth-order valence-corrected chi connectivity index (χ4v) is 4.58. The third-order valence-corrected chi connectivity index (χ3v) is 5.87. The number of rotatable bonds is 4. The van der Waals surface area contributed by atoms with Crippen molar-refractivity contribution >= 4 is 38.9 Å². The summed E-state index contributed by atoms with van der Waals surface area (Å²) in [6, 6.07) is 8.06. The van der Waals surface area contributed by atoms with Gasteiger partial charge < -0.3 is 5.32 Å². The van der Waals surface area contributed by atoms with Crippen LogP contribution in [0.2, 0.25) is 0 Å². The highest BCUT2D eigenvalue weighted by Crippen LogP contribution is 2.31. The van der Waals surface area contributed by atoms with Crippen molar-refractivity contribution in [3.63, 3.8) is 0 Å². The van der Waals surface area contributed by atoms with Gasteiger partial charge in [-0.25, -0.2) is 0 Å². The van der Waals surface area contributed by atoms with Gasteiger partial charge in [-0.1, -0.05) is 31.0 Å². The number of amides is 1. The molecule has 1 N–H and O–H groups in total. The molecule has 1 amide bonds. The number of alkyl halides is 1. The fraction of sp³-hybridized carbons (Fsp3) is 0.471. The maximum absolute atomic E-state index is 12.4. The summed E-state index contributed by atoms with van der Waals surface area (Å²) in [5.74, 6) is 1.85. The molecule has 0 spiro atoms. The minimum Gasteiger partial charge on any atom is -0.352 e. The molecule has 2 nitrogen and oxygen atoms in total. The number of fused-ring (bicyclic) bond motifs is 1. The van der Waals surface area contributed by atoms with E-state index < -0.39 is 0 Å². The fourth-order valence-electron chi connectivity index (χ4n) is 3.23. The van der Waals surface area contributed by atoms with Crippen molar-refractivity contribution in [3.05, 3.63) is 35.2 Å². The highest BCUT2D eigenvalue weighted by atomic mass is 35.5. The highest BCUT2D eigenvalue weighted by Gasteiger charge is 2.25. The first kappa shape index (κ1) is 14.9. The van der Waals surface area contributed by atoms with E-state index in [1.807, 2.05) is 23.6 Å². The lowest BCUT2D eigenvalue weighted by molar-refractivity contribution is 0.0939. The van der Waals surface area contributed by atoms with Crippen LogP contribution in [0.15, 0.2) is 29.6 Å². The van der Waals surface area contributed by atoms with Gasteiger partial charge in [-0.05, 0) is 30.7 Å². The molecule has 4 heteroatoms. The van der Waals surface area contributed by atoms with Crippen LogP contribution in [0.1, 0.15) is 36.0 Å². The number of carbonyl (C=O) groups is 1. The zero-order valence-corrected chi connectivity index (χ0v) is 13.6. The zero-order valence-electron chi connectivity index (χ0n) is 12.0. The smallest absolute Gasteiger partial charge is 0.252 e. The molecule has 2 aromatic rings. The molecular weight excluding hydrogens is 302 g/mol. The molecule has 1 aliphatic rings. The van der Waals surface area contributed by atoms with Crippen molar-refractivity contribution in [1.29, 1.82) is 0 Å². The lowest BCUT2D eigenvalue weighted by Gasteiger charge is -2.30. The Morgan fingerprint density at radius 1 is 1.24 bits per heavy atom. The molecule has 0 radical (unpaired) electrons. The summed E-state index contributed by atoms with van der Waals surface area (Å²) in [5, 5.41) is 6.13. The maximum Gasteiger partial charge on any atom is 0.252 e. The Labute approximate surface area is 134 Å². The number of nitrogens with one attached hydrogen (secondary N) is 1. The van der Waals surface area contributed by atoms with Gasteiger partial charge in [-0.15, -0.1) is 22.9 Å². The molecule has 2 atom stereocenters. The van der Waals surface area contributed by atoms with E-state index in [4.69, 9.17) is 11.6 Å². The van der Waals surface area contributed by atoms with E-state index in [1.54, 1.807) is 11.3 Å². The molecule has 1 heterocycles. The van der Waals surface area contributed by atoms with E-state index in [2.05, 4.69) is 11.4 Å².